The molecule has 1 aliphatic carbocycles. The third-order valence-electron chi connectivity index (χ3n) is 4.95. The molecule has 1 aromatic rings. The monoisotopic (exact) mass is 320 g/mol. The van der Waals surface area contributed by atoms with E-state index < -0.39 is 0 Å². The molecule has 22 heavy (non-hydrogen) atoms. The Morgan fingerprint density at radius 3 is 2.73 bits per heavy atom. The molecule has 3 rings (SSSR count). The largest absolute Gasteiger partial charge is 0.351 e. The predicted octanol–water partition coefficient (Wildman–Crippen LogP) is 2.89. The topological polar surface area (TPSA) is 49.4 Å². The molecule has 5 heteroatoms. The highest BCUT2D eigenvalue weighted by atomic mass is 32.1. The average Bonchev–Trinajstić information content (AvgIpc) is 3.18. The van der Waals surface area contributed by atoms with E-state index in [1.807, 2.05) is 19.9 Å². The number of aryl methyl sites for hydroxylation is 2. The number of nitrogens with one attached hydrogen (secondary N) is 1. The van der Waals surface area contributed by atoms with Crippen LogP contribution in [0, 0.1) is 19.8 Å². The molecule has 1 atom stereocenters. The van der Waals surface area contributed by atoms with Crippen LogP contribution < -0.4 is 5.32 Å². The number of hydrogen-bond donors (Lipinski definition) is 1. The summed E-state index contributed by atoms with van der Waals surface area (Å²) in [6, 6.07) is 2.40. The van der Waals surface area contributed by atoms with Crippen LogP contribution in [0.5, 0.6) is 0 Å². The van der Waals surface area contributed by atoms with Crippen molar-refractivity contribution in [2.24, 2.45) is 5.92 Å². The van der Waals surface area contributed by atoms with E-state index >= 15 is 0 Å². The Morgan fingerprint density at radius 2 is 2.09 bits per heavy atom. The van der Waals surface area contributed by atoms with Gasteiger partial charge in [0.15, 0.2) is 0 Å². The van der Waals surface area contributed by atoms with Crippen molar-refractivity contribution in [3.05, 3.63) is 21.4 Å². The van der Waals surface area contributed by atoms with Gasteiger partial charge in [-0.25, -0.2) is 0 Å². The third-order valence-corrected chi connectivity index (χ3v) is 6.10. The Kier molecular flexibility index (Phi) is 4.52. The van der Waals surface area contributed by atoms with Crippen molar-refractivity contribution in [1.29, 1.82) is 0 Å². The summed E-state index contributed by atoms with van der Waals surface area (Å²) in [7, 11) is 0. The molecule has 0 aromatic carbocycles. The maximum atomic E-state index is 12.2. The van der Waals surface area contributed by atoms with Crippen molar-refractivity contribution in [2.45, 2.75) is 52.0 Å². The van der Waals surface area contributed by atoms with Crippen LogP contribution in [0.2, 0.25) is 0 Å². The molecule has 1 saturated carbocycles. The summed E-state index contributed by atoms with van der Waals surface area (Å²) in [6.45, 7) is 5.47. The molecule has 1 aromatic heterocycles. The zero-order valence-corrected chi connectivity index (χ0v) is 14.2. The normalized spacial score (nSPS) is 22.5. The third kappa shape index (κ3) is 3.19. The number of amides is 2. The first-order chi connectivity index (χ1) is 10.5. The second-order valence-corrected chi connectivity index (χ2v) is 7.87. The number of rotatable bonds is 4. The molecule has 2 heterocycles. The van der Waals surface area contributed by atoms with Crippen LogP contribution in [0.4, 0.5) is 0 Å². The maximum absolute atomic E-state index is 12.2. The van der Waals surface area contributed by atoms with E-state index in [-0.39, 0.29) is 17.7 Å². The summed E-state index contributed by atoms with van der Waals surface area (Å²) in [5.74, 6) is 0.529. The van der Waals surface area contributed by atoms with Crippen LogP contribution >= 0.6 is 11.3 Å². The van der Waals surface area contributed by atoms with Gasteiger partial charge in [-0.3, -0.25) is 9.59 Å². The lowest BCUT2D eigenvalue weighted by Gasteiger charge is -2.24. The van der Waals surface area contributed by atoms with Crippen molar-refractivity contribution < 1.29 is 9.59 Å². The molecule has 0 spiro atoms. The number of likely N-dealkylation sites (tertiary alicyclic amines) is 1. The highest BCUT2D eigenvalue weighted by molar-refractivity contribution is 7.14. The van der Waals surface area contributed by atoms with Gasteiger partial charge in [-0.15, -0.1) is 11.3 Å². The molecule has 2 amide bonds. The number of nitrogens with zero attached hydrogens (tertiary/aromatic N) is 1. The first-order valence-electron chi connectivity index (χ1n) is 8.19. The molecule has 0 bridgehead atoms. The molecule has 1 aliphatic heterocycles. The molecule has 0 radical (unpaired) electrons. The van der Waals surface area contributed by atoms with E-state index in [1.54, 1.807) is 0 Å². The first kappa shape index (κ1) is 15.5. The van der Waals surface area contributed by atoms with Gasteiger partial charge in [0.25, 0.3) is 5.91 Å². The molecular weight excluding hydrogens is 296 g/mol. The van der Waals surface area contributed by atoms with Crippen molar-refractivity contribution in [1.82, 2.24) is 10.2 Å². The lowest BCUT2D eigenvalue weighted by molar-refractivity contribution is -0.129. The molecule has 1 saturated heterocycles. The first-order valence-corrected chi connectivity index (χ1v) is 9.01. The Bertz CT molecular complexity index is 556. The van der Waals surface area contributed by atoms with Gasteiger partial charge < -0.3 is 10.2 Å². The van der Waals surface area contributed by atoms with E-state index in [4.69, 9.17) is 0 Å². The van der Waals surface area contributed by atoms with E-state index in [1.165, 1.54) is 34.6 Å². The van der Waals surface area contributed by atoms with E-state index in [2.05, 4.69) is 10.2 Å². The van der Waals surface area contributed by atoms with E-state index in [0.29, 0.717) is 19.0 Å². The van der Waals surface area contributed by atoms with Crippen LogP contribution in [0.3, 0.4) is 0 Å². The molecule has 0 unspecified atom stereocenters. The quantitative estimate of drug-likeness (QED) is 0.927. The van der Waals surface area contributed by atoms with Gasteiger partial charge >= 0.3 is 0 Å². The van der Waals surface area contributed by atoms with Crippen molar-refractivity contribution in [2.75, 3.05) is 13.1 Å². The highest BCUT2D eigenvalue weighted by Crippen LogP contribution is 2.29. The van der Waals surface area contributed by atoms with Crippen molar-refractivity contribution in [3.63, 3.8) is 0 Å². The van der Waals surface area contributed by atoms with Gasteiger partial charge in [0, 0.05) is 36.3 Å². The summed E-state index contributed by atoms with van der Waals surface area (Å²) in [4.78, 5) is 28.4. The Labute approximate surface area is 135 Å². The van der Waals surface area contributed by atoms with Crippen LogP contribution in [0.15, 0.2) is 6.07 Å². The van der Waals surface area contributed by atoms with Crippen LogP contribution in [-0.4, -0.2) is 35.8 Å². The van der Waals surface area contributed by atoms with Gasteiger partial charge in [-0.1, -0.05) is 12.8 Å². The Hall–Kier alpha value is -1.36. The molecule has 4 nitrogen and oxygen atoms in total. The van der Waals surface area contributed by atoms with E-state index in [0.717, 1.165) is 24.3 Å². The van der Waals surface area contributed by atoms with Gasteiger partial charge in [-0.05, 0) is 38.3 Å². The fourth-order valence-electron chi connectivity index (χ4n) is 3.52. The zero-order chi connectivity index (χ0) is 15.7. The van der Waals surface area contributed by atoms with Gasteiger partial charge in [0.1, 0.15) is 0 Å². The highest BCUT2D eigenvalue weighted by Gasteiger charge is 2.35. The Morgan fingerprint density at radius 1 is 1.36 bits per heavy atom. The standard InChI is InChI=1S/C17H24N2O2S/c1-11-7-15(22-12(11)2)17(21)18-9-13-8-16(20)19(10-13)14-5-3-4-6-14/h7,13-14H,3-6,8-10H2,1-2H3,(H,18,21)/t13-/m0/s1. The minimum absolute atomic E-state index is 0.00651. The molecule has 1 N–H and O–H groups in total. The number of carbonyl (C=O) groups is 2. The van der Waals surface area contributed by atoms with Crippen molar-refractivity contribution in [3.8, 4) is 0 Å². The average molecular weight is 320 g/mol. The minimum atomic E-state index is -0.00651. The van der Waals surface area contributed by atoms with Crippen LogP contribution in [-0.2, 0) is 4.79 Å². The zero-order valence-electron chi connectivity index (χ0n) is 13.4. The minimum Gasteiger partial charge on any atom is -0.351 e. The Balaban J connectivity index is 1.51. The summed E-state index contributed by atoms with van der Waals surface area (Å²) in [5.41, 5.74) is 1.17. The van der Waals surface area contributed by atoms with Gasteiger partial charge in [0.05, 0.1) is 4.88 Å². The second kappa shape index (κ2) is 6.41. The lowest BCUT2D eigenvalue weighted by Crippen LogP contribution is -2.35. The van der Waals surface area contributed by atoms with Crippen LogP contribution in [0.1, 0.15) is 52.2 Å². The summed E-state index contributed by atoms with van der Waals surface area (Å²) >= 11 is 1.54. The molecule has 2 aliphatic rings. The smallest absolute Gasteiger partial charge is 0.261 e. The second-order valence-electron chi connectivity index (χ2n) is 6.61. The molecule has 2 fully saturated rings. The van der Waals surface area contributed by atoms with Crippen molar-refractivity contribution >= 4 is 23.2 Å². The predicted molar refractivity (Wildman–Crippen MR) is 88.2 cm³/mol. The number of carbonyl (C=O) groups excluding carboxylic acids is 2. The maximum Gasteiger partial charge on any atom is 0.261 e. The number of thiophene rings is 1. The van der Waals surface area contributed by atoms with Gasteiger partial charge in [0.2, 0.25) is 5.91 Å². The fourth-order valence-corrected chi connectivity index (χ4v) is 4.47. The van der Waals surface area contributed by atoms with E-state index in [9.17, 15) is 9.59 Å². The van der Waals surface area contributed by atoms with Crippen LogP contribution in [0.25, 0.3) is 0 Å². The summed E-state index contributed by atoms with van der Waals surface area (Å²) in [6.07, 6.45) is 5.37. The lowest BCUT2D eigenvalue weighted by atomic mass is 10.1. The summed E-state index contributed by atoms with van der Waals surface area (Å²) in [5, 5.41) is 3.01. The van der Waals surface area contributed by atoms with Gasteiger partial charge in [-0.2, -0.15) is 0 Å². The molecular formula is C17H24N2O2S. The summed E-state index contributed by atoms with van der Waals surface area (Å²) < 4.78 is 0. The number of hydrogen-bond acceptors (Lipinski definition) is 3. The SMILES string of the molecule is Cc1cc(C(=O)NC[C@@H]2CC(=O)N(C3CCCC3)C2)sc1C. The fraction of sp³-hybridized carbons (Fsp3) is 0.647. The molecule has 120 valence electrons.